The molecule has 84 valence electrons. The quantitative estimate of drug-likeness (QED) is 0.705. The first kappa shape index (κ1) is 11.6. The molecular weight excluding hydrogens is 311 g/mol. The number of aromatic nitrogens is 2. The van der Waals surface area contributed by atoms with Gasteiger partial charge in [-0.2, -0.15) is 5.10 Å². The molecule has 1 heterocycles. The average Bonchev–Trinajstić information content (AvgIpc) is 2.58. The Morgan fingerprint density at radius 1 is 1.19 bits per heavy atom. The first-order valence-corrected chi connectivity index (χ1v) is 7.62. The maximum atomic E-state index is 4.57. The molecule has 2 nitrogen and oxygen atoms in total. The summed E-state index contributed by atoms with van der Waals surface area (Å²) >= 11 is -0.0833. The van der Waals surface area contributed by atoms with E-state index in [9.17, 15) is 0 Å². The molecule has 0 unspecified atom stereocenters. The minimum Gasteiger partial charge on any atom is -0.265 e. The van der Waals surface area contributed by atoms with Crippen molar-refractivity contribution in [1.29, 1.82) is 0 Å². The molecule has 2 aromatic rings. The molecule has 0 aliphatic rings. The molecular formula is C13H16IN2+. The fraction of sp³-hybridized carbons (Fsp3) is 0.308. The number of hydrogen-bond acceptors (Lipinski definition) is 1. The van der Waals surface area contributed by atoms with Gasteiger partial charge in [0, 0.05) is 6.54 Å². The van der Waals surface area contributed by atoms with Crippen LogP contribution >= 0.6 is 0 Å². The third-order valence-electron chi connectivity index (χ3n) is 2.53. The van der Waals surface area contributed by atoms with Crippen LogP contribution in [-0.2, 0) is 6.54 Å². The zero-order valence-corrected chi connectivity index (χ0v) is 12.0. The SMILES string of the molecule is CCn1nc(C)c([I+]c2ccccc2)c1C. The van der Waals surface area contributed by atoms with Gasteiger partial charge in [0.15, 0.2) is 3.57 Å². The van der Waals surface area contributed by atoms with Crippen LogP contribution in [-0.4, -0.2) is 9.78 Å². The van der Waals surface area contributed by atoms with Crippen molar-refractivity contribution in [1.82, 2.24) is 9.78 Å². The molecule has 0 saturated heterocycles. The lowest BCUT2D eigenvalue weighted by Gasteiger charge is -1.95. The Labute approximate surface area is 107 Å². The second-order valence-corrected chi connectivity index (χ2v) is 6.55. The molecule has 1 aromatic carbocycles. The molecule has 0 bridgehead atoms. The van der Waals surface area contributed by atoms with E-state index in [1.165, 1.54) is 18.5 Å². The number of rotatable bonds is 3. The van der Waals surface area contributed by atoms with Crippen LogP contribution in [0.15, 0.2) is 30.3 Å². The van der Waals surface area contributed by atoms with Gasteiger partial charge in [-0.25, -0.2) is 0 Å². The lowest BCUT2D eigenvalue weighted by atomic mass is 10.4. The minimum absolute atomic E-state index is 0.0833. The zero-order valence-electron chi connectivity index (χ0n) is 9.87. The molecule has 0 fully saturated rings. The van der Waals surface area contributed by atoms with Crippen LogP contribution in [0.3, 0.4) is 0 Å². The van der Waals surface area contributed by atoms with Crippen LogP contribution < -0.4 is 21.2 Å². The van der Waals surface area contributed by atoms with Crippen LogP contribution in [0.1, 0.15) is 18.3 Å². The first-order chi connectivity index (χ1) is 7.72. The van der Waals surface area contributed by atoms with Crippen molar-refractivity contribution < 1.29 is 21.2 Å². The van der Waals surface area contributed by atoms with Crippen molar-refractivity contribution in [2.75, 3.05) is 0 Å². The monoisotopic (exact) mass is 327 g/mol. The smallest absolute Gasteiger partial charge is 0.265 e. The molecule has 1 aromatic heterocycles. The van der Waals surface area contributed by atoms with Crippen molar-refractivity contribution in [2.24, 2.45) is 0 Å². The number of nitrogens with zero attached hydrogens (tertiary/aromatic N) is 2. The van der Waals surface area contributed by atoms with Crippen LogP contribution in [0, 0.1) is 21.0 Å². The first-order valence-electron chi connectivity index (χ1n) is 5.46. The Hall–Kier alpha value is -0.840. The topological polar surface area (TPSA) is 17.8 Å². The molecule has 16 heavy (non-hydrogen) atoms. The standard InChI is InChI=1S/C13H16IN2/c1-4-16-11(3)13(10(2)15-16)14-12-8-6-5-7-9-12/h5-9H,4H2,1-3H3/q+1. The summed E-state index contributed by atoms with van der Waals surface area (Å²) in [7, 11) is 0. The summed E-state index contributed by atoms with van der Waals surface area (Å²) < 4.78 is 5.04. The second-order valence-electron chi connectivity index (χ2n) is 3.69. The largest absolute Gasteiger partial charge is 0.362 e. The molecule has 0 amide bonds. The molecule has 0 atom stereocenters. The van der Waals surface area contributed by atoms with Crippen molar-refractivity contribution in [3.8, 4) is 0 Å². The van der Waals surface area contributed by atoms with E-state index in [0.717, 1.165) is 6.54 Å². The molecule has 0 saturated carbocycles. The predicted molar refractivity (Wildman–Crippen MR) is 61.2 cm³/mol. The van der Waals surface area contributed by atoms with Gasteiger partial charge in [0.1, 0.15) is 5.69 Å². The maximum Gasteiger partial charge on any atom is 0.362 e. The fourth-order valence-corrected chi connectivity index (χ4v) is 4.27. The van der Waals surface area contributed by atoms with E-state index in [1.54, 1.807) is 0 Å². The predicted octanol–water partition coefficient (Wildman–Crippen LogP) is -0.352. The Bertz CT molecular complexity index is 474. The second kappa shape index (κ2) is 4.99. The normalized spacial score (nSPS) is 10.7. The summed E-state index contributed by atoms with van der Waals surface area (Å²) in [6.45, 7) is 7.41. The third kappa shape index (κ3) is 2.29. The van der Waals surface area contributed by atoms with E-state index in [-0.39, 0.29) is 21.2 Å². The van der Waals surface area contributed by atoms with Crippen molar-refractivity contribution in [3.63, 3.8) is 0 Å². The highest BCUT2D eigenvalue weighted by molar-refractivity contribution is 5.07. The maximum absolute atomic E-state index is 4.57. The van der Waals surface area contributed by atoms with Gasteiger partial charge in [0.05, 0.1) is 5.69 Å². The summed E-state index contributed by atoms with van der Waals surface area (Å²) in [4.78, 5) is 0. The van der Waals surface area contributed by atoms with E-state index in [2.05, 4.69) is 60.9 Å². The lowest BCUT2D eigenvalue weighted by Crippen LogP contribution is -3.62. The van der Waals surface area contributed by atoms with Gasteiger partial charge < -0.3 is 0 Å². The number of hydrogen-bond donors (Lipinski definition) is 0. The van der Waals surface area contributed by atoms with Gasteiger partial charge in [0.25, 0.3) is 0 Å². The summed E-state index contributed by atoms with van der Waals surface area (Å²) in [5, 5.41) is 4.57. The van der Waals surface area contributed by atoms with E-state index in [0.29, 0.717) is 0 Å². The van der Waals surface area contributed by atoms with E-state index >= 15 is 0 Å². The van der Waals surface area contributed by atoms with Gasteiger partial charge in [-0.15, -0.1) is 0 Å². The Kier molecular flexibility index (Phi) is 3.63. The van der Waals surface area contributed by atoms with Gasteiger partial charge >= 0.3 is 21.2 Å². The lowest BCUT2D eigenvalue weighted by molar-refractivity contribution is -0.598. The molecule has 0 N–H and O–H groups in total. The third-order valence-corrected chi connectivity index (χ3v) is 5.97. The fourth-order valence-electron chi connectivity index (χ4n) is 1.71. The summed E-state index contributed by atoms with van der Waals surface area (Å²) in [6.07, 6.45) is 0. The highest BCUT2D eigenvalue weighted by Gasteiger charge is 2.25. The Balaban J connectivity index is 2.31. The van der Waals surface area contributed by atoms with Gasteiger partial charge in [-0.05, 0) is 32.9 Å². The van der Waals surface area contributed by atoms with Gasteiger partial charge in [-0.1, -0.05) is 18.2 Å². The highest BCUT2D eigenvalue weighted by Crippen LogP contribution is 2.01. The van der Waals surface area contributed by atoms with Crippen LogP contribution in [0.25, 0.3) is 0 Å². The van der Waals surface area contributed by atoms with E-state index < -0.39 is 0 Å². The van der Waals surface area contributed by atoms with Crippen LogP contribution in [0.5, 0.6) is 0 Å². The molecule has 3 heteroatoms. The Morgan fingerprint density at radius 3 is 2.44 bits per heavy atom. The average molecular weight is 327 g/mol. The summed E-state index contributed by atoms with van der Waals surface area (Å²) in [5.74, 6) is 0. The minimum atomic E-state index is -0.0833. The Morgan fingerprint density at radius 2 is 1.88 bits per heavy atom. The molecule has 0 spiro atoms. The number of benzene rings is 1. The molecule has 0 radical (unpaired) electrons. The molecule has 0 aliphatic carbocycles. The number of aryl methyl sites for hydroxylation is 2. The summed E-state index contributed by atoms with van der Waals surface area (Å²) in [6, 6.07) is 10.7. The molecule has 0 aliphatic heterocycles. The van der Waals surface area contributed by atoms with E-state index in [1.807, 2.05) is 0 Å². The van der Waals surface area contributed by atoms with Crippen molar-refractivity contribution in [2.45, 2.75) is 27.3 Å². The van der Waals surface area contributed by atoms with Crippen molar-refractivity contribution >= 4 is 0 Å². The zero-order chi connectivity index (χ0) is 11.5. The van der Waals surface area contributed by atoms with E-state index in [4.69, 9.17) is 0 Å². The van der Waals surface area contributed by atoms with Gasteiger partial charge in [0.2, 0.25) is 3.57 Å². The molecule has 2 rings (SSSR count). The van der Waals surface area contributed by atoms with Crippen LogP contribution in [0.4, 0.5) is 0 Å². The number of halogens is 1. The van der Waals surface area contributed by atoms with Crippen molar-refractivity contribution in [3.05, 3.63) is 48.9 Å². The van der Waals surface area contributed by atoms with Crippen LogP contribution in [0.2, 0.25) is 0 Å². The summed E-state index contributed by atoms with van der Waals surface area (Å²) in [5.41, 5.74) is 2.55. The van der Waals surface area contributed by atoms with Gasteiger partial charge in [-0.3, -0.25) is 4.68 Å². The highest BCUT2D eigenvalue weighted by atomic mass is 127.